The van der Waals surface area contributed by atoms with E-state index in [0.29, 0.717) is 11.3 Å². The first-order valence-electron chi connectivity index (χ1n) is 7.97. The van der Waals surface area contributed by atoms with Crippen LogP contribution in [-0.4, -0.2) is 25.5 Å². The van der Waals surface area contributed by atoms with Crippen LogP contribution in [0.1, 0.15) is 15.9 Å². The Morgan fingerprint density at radius 2 is 1.60 bits per heavy atom. The van der Waals surface area contributed by atoms with Crippen molar-refractivity contribution in [3.05, 3.63) is 77.9 Å². The molecular weight excluding hydrogens is 316 g/mol. The SMILES string of the molecule is COc1ccccc1C(=O)COC(=O)Cc1cccc2ccccc12. The molecule has 4 heteroatoms. The van der Waals surface area contributed by atoms with E-state index in [-0.39, 0.29) is 18.8 Å². The van der Waals surface area contributed by atoms with Gasteiger partial charge in [-0.25, -0.2) is 0 Å². The third kappa shape index (κ3) is 3.86. The molecule has 0 aliphatic carbocycles. The summed E-state index contributed by atoms with van der Waals surface area (Å²) in [7, 11) is 1.50. The third-order valence-electron chi connectivity index (χ3n) is 3.99. The smallest absolute Gasteiger partial charge is 0.310 e. The van der Waals surface area contributed by atoms with Crippen molar-refractivity contribution < 1.29 is 19.1 Å². The average Bonchev–Trinajstić information content (AvgIpc) is 2.66. The van der Waals surface area contributed by atoms with Crippen LogP contribution in [0, 0.1) is 0 Å². The van der Waals surface area contributed by atoms with Gasteiger partial charge < -0.3 is 9.47 Å². The van der Waals surface area contributed by atoms with Crippen molar-refractivity contribution in [2.75, 3.05) is 13.7 Å². The molecule has 25 heavy (non-hydrogen) atoms. The molecule has 3 aromatic rings. The van der Waals surface area contributed by atoms with Gasteiger partial charge in [-0.05, 0) is 28.5 Å². The predicted molar refractivity (Wildman–Crippen MR) is 95.9 cm³/mol. The number of rotatable bonds is 6. The minimum atomic E-state index is -0.431. The molecule has 0 fully saturated rings. The molecule has 0 atom stereocenters. The topological polar surface area (TPSA) is 52.6 Å². The molecule has 0 spiro atoms. The maximum atomic E-state index is 12.2. The van der Waals surface area contributed by atoms with Gasteiger partial charge in [0, 0.05) is 0 Å². The molecule has 0 bridgehead atoms. The lowest BCUT2D eigenvalue weighted by Gasteiger charge is -2.09. The zero-order chi connectivity index (χ0) is 17.6. The van der Waals surface area contributed by atoms with Gasteiger partial charge in [0.25, 0.3) is 0 Å². The molecule has 4 nitrogen and oxygen atoms in total. The summed E-state index contributed by atoms with van der Waals surface area (Å²) >= 11 is 0. The Kier molecular flexibility index (Phi) is 5.09. The number of hydrogen-bond donors (Lipinski definition) is 0. The zero-order valence-corrected chi connectivity index (χ0v) is 13.9. The van der Waals surface area contributed by atoms with Crippen molar-refractivity contribution in [1.29, 1.82) is 0 Å². The summed E-state index contributed by atoms with van der Waals surface area (Å²) in [6.07, 6.45) is 0.126. The van der Waals surface area contributed by atoms with E-state index < -0.39 is 5.97 Å². The Labute approximate surface area is 146 Å². The third-order valence-corrected chi connectivity index (χ3v) is 3.99. The Morgan fingerprint density at radius 1 is 0.880 bits per heavy atom. The standard InChI is InChI=1S/C21H18O4/c1-24-20-12-5-4-11-18(20)19(22)14-25-21(23)13-16-9-6-8-15-7-2-3-10-17(15)16/h2-12H,13-14H2,1H3. The van der Waals surface area contributed by atoms with E-state index in [2.05, 4.69) is 0 Å². The molecule has 3 rings (SSSR count). The molecule has 0 radical (unpaired) electrons. The fraction of sp³-hybridized carbons (Fsp3) is 0.143. The maximum Gasteiger partial charge on any atom is 0.310 e. The largest absolute Gasteiger partial charge is 0.496 e. The van der Waals surface area contributed by atoms with Crippen molar-refractivity contribution in [1.82, 2.24) is 0 Å². The van der Waals surface area contributed by atoms with E-state index in [1.165, 1.54) is 7.11 Å². The molecule has 0 aliphatic rings. The van der Waals surface area contributed by atoms with E-state index in [0.717, 1.165) is 16.3 Å². The van der Waals surface area contributed by atoms with Crippen molar-refractivity contribution in [3.8, 4) is 5.75 Å². The molecule has 0 saturated heterocycles. The molecule has 3 aromatic carbocycles. The number of ether oxygens (including phenoxy) is 2. The van der Waals surface area contributed by atoms with Gasteiger partial charge in [-0.15, -0.1) is 0 Å². The van der Waals surface area contributed by atoms with Crippen LogP contribution >= 0.6 is 0 Å². The molecule has 0 heterocycles. The van der Waals surface area contributed by atoms with Gasteiger partial charge in [0.2, 0.25) is 5.78 Å². The highest BCUT2D eigenvalue weighted by Gasteiger charge is 2.15. The molecule has 0 amide bonds. The summed E-state index contributed by atoms with van der Waals surface area (Å²) in [5.74, 6) is -0.249. The highest BCUT2D eigenvalue weighted by Crippen LogP contribution is 2.20. The lowest BCUT2D eigenvalue weighted by Crippen LogP contribution is -2.16. The van der Waals surface area contributed by atoms with Crippen LogP contribution in [0.5, 0.6) is 5.75 Å². The van der Waals surface area contributed by atoms with Gasteiger partial charge in [-0.2, -0.15) is 0 Å². The predicted octanol–water partition coefficient (Wildman–Crippen LogP) is 3.82. The van der Waals surface area contributed by atoms with E-state index in [9.17, 15) is 9.59 Å². The van der Waals surface area contributed by atoms with Crippen LogP contribution < -0.4 is 4.74 Å². The number of ketones is 1. The quantitative estimate of drug-likeness (QED) is 0.508. The number of carbonyl (C=O) groups excluding carboxylic acids is 2. The Morgan fingerprint density at radius 3 is 2.44 bits per heavy atom. The highest BCUT2D eigenvalue weighted by atomic mass is 16.5. The van der Waals surface area contributed by atoms with Gasteiger partial charge in [0.1, 0.15) is 5.75 Å². The number of hydrogen-bond acceptors (Lipinski definition) is 4. The van der Waals surface area contributed by atoms with E-state index >= 15 is 0 Å². The molecule has 0 aliphatic heterocycles. The molecule has 0 aromatic heterocycles. The van der Waals surface area contributed by atoms with Crippen molar-refractivity contribution in [2.45, 2.75) is 6.42 Å². The first kappa shape index (κ1) is 16.7. The second-order valence-electron chi connectivity index (χ2n) is 5.60. The summed E-state index contributed by atoms with van der Waals surface area (Å²) in [5, 5.41) is 2.08. The van der Waals surface area contributed by atoms with Gasteiger partial charge in [0.05, 0.1) is 19.1 Å². The van der Waals surface area contributed by atoms with E-state index in [1.807, 2.05) is 42.5 Å². The normalized spacial score (nSPS) is 10.4. The van der Waals surface area contributed by atoms with Gasteiger partial charge in [-0.3, -0.25) is 9.59 Å². The minimum absolute atomic E-state index is 0.126. The molecule has 126 valence electrons. The number of carbonyl (C=O) groups is 2. The molecular formula is C21H18O4. The summed E-state index contributed by atoms with van der Waals surface area (Å²) < 4.78 is 10.3. The van der Waals surface area contributed by atoms with Crippen LogP contribution in [0.3, 0.4) is 0 Å². The van der Waals surface area contributed by atoms with Crippen LogP contribution in [0.25, 0.3) is 10.8 Å². The zero-order valence-electron chi connectivity index (χ0n) is 13.9. The van der Waals surface area contributed by atoms with Crippen LogP contribution in [-0.2, 0) is 16.0 Å². The summed E-state index contributed by atoms with van der Waals surface area (Å²) in [5.41, 5.74) is 1.29. The number of methoxy groups -OCH3 is 1. The van der Waals surface area contributed by atoms with Gasteiger partial charge in [-0.1, -0.05) is 54.6 Å². The van der Waals surface area contributed by atoms with Crippen LogP contribution in [0.4, 0.5) is 0 Å². The minimum Gasteiger partial charge on any atom is -0.496 e. The summed E-state index contributed by atoms with van der Waals surface area (Å²) in [6.45, 7) is -0.302. The Bertz CT molecular complexity index is 909. The maximum absolute atomic E-state index is 12.2. The summed E-state index contributed by atoms with van der Waals surface area (Å²) in [4.78, 5) is 24.4. The first-order valence-corrected chi connectivity index (χ1v) is 7.97. The number of benzene rings is 3. The van der Waals surface area contributed by atoms with Crippen LogP contribution in [0.15, 0.2) is 66.7 Å². The second kappa shape index (κ2) is 7.62. The Balaban J connectivity index is 1.66. The van der Waals surface area contributed by atoms with Crippen molar-refractivity contribution in [2.24, 2.45) is 0 Å². The van der Waals surface area contributed by atoms with Crippen molar-refractivity contribution >= 4 is 22.5 Å². The van der Waals surface area contributed by atoms with Gasteiger partial charge in [0.15, 0.2) is 6.61 Å². The Hall–Kier alpha value is -3.14. The monoisotopic (exact) mass is 334 g/mol. The molecule has 0 saturated carbocycles. The highest BCUT2D eigenvalue weighted by molar-refractivity contribution is 6.00. The fourth-order valence-electron chi connectivity index (χ4n) is 2.75. The summed E-state index contributed by atoms with van der Waals surface area (Å²) in [6, 6.07) is 20.5. The average molecular weight is 334 g/mol. The van der Waals surface area contributed by atoms with Crippen LogP contribution in [0.2, 0.25) is 0 Å². The number of Topliss-reactive ketones (excluding diaryl/α,β-unsaturated/α-hetero) is 1. The van der Waals surface area contributed by atoms with Crippen molar-refractivity contribution in [3.63, 3.8) is 0 Å². The fourth-order valence-corrected chi connectivity index (χ4v) is 2.75. The lowest BCUT2D eigenvalue weighted by molar-refractivity contribution is -0.141. The first-order chi connectivity index (χ1) is 12.2. The van der Waals surface area contributed by atoms with Gasteiger partial charge >= 0.3 is 5.97 Å². The molecule has 0 N–H and O–H groups in total. The number of fused-ring (bicyclic) bond motifs is 1. The second-order valence-corrected chi connectivity index (χ2v) is 5.60. The lowest BCUT2D eigenvalue weighted by atomic mass is 10.0. The van der Waals surface area contributed by atoms with E-state index in [4.69, 9.17) is 9.47 Å². The number of esters is 1. The number of para-hydroxylation sites is 1. The van der Waals surface area contributed by atoms with E-state index in [1.54, 1.807) is 24.3 Å². The molecule has 0 unspecified atom stereocenters.